The Kier molecular flexibility index (Phi) is 4.54. The standard InChI is InChI=1S/C20H23N5O4/c1-12-6-7-15(29-4)14(10-12)25-13(2)11-24-16-17(21-19(24)25)22(3)20(28)23(18(16)27)8-5-9-26/h6-7,10-11,26H,5,8-9H2,1-4H3. The number of benzene rings is 1. The highest BCUT2D eigenvalue weighted by Crippen LogP contribution is 2.28. The van der Waals surface area contributed by atoms with Gasteiger partial charge in [0.05, 0.1) is 12.8 Å². The zero-order valence-corrected chi connectivity index (χ0v) is 16.8. The first-order valence-electron chi connectivity index (χ1n) is 9.34. The summed E-state index contributed by atoms with van der Waals surface area (Å²) >= 11 is 0. The molecule has 1 aromatic carbocycles. The summed E-state index contributed by atoms with van der Waals surface area (Å²) in [6, 6.07) is 5.84. The van der Waals surface area contributed by atoms with Crippen LogP contribution in [-0.4, -0.2) is 41.9 Å². The molecule has 29 heavy (non-hydrogen) atoms. The zero-order chi connectivity index (χ0) is 20.9. The molecule has 9 heteroatoms. The molecule has 4 rings (SSSR count). The van der Waals surface area contributed by atoms with Crippen molar-refractivity contribution in [2.45, 2.75) is 26.8 Å². The molecular formula is C20H23N5O4. The molecule has 0 amide bonds. The van der Waals surface area contributed by atoms with Crippen molar-refractivity contribution in [3.05, 3.63) is 56.5 Å². The summed E-state index contributed by atoms with van der Waals surface area (Å²) in [5.41, 5.74) is 2.51. The number of nitrogens with zero attached hydrogens (tertiary/aromatic N) is 5. The average molecular weight is 397 g/mol. The fraction of sp³-hybridized carbons (Fsp3) is 0.350. The molecule has 9 nitrogen and oxygen atoms in total. The molecule has 1 N–H and O–H groups in total. The Hall–Kier alpha value is -3.33. The lowest BCUT2D eigenvalue weighted by Gasteiger charge is -2.12. The van der Waals surface area contributed by atoms with Gasteiger partial charge < -0.3 is 9.84 Å². The van der Waals surface area contributed by atoms with Gasteiger partial charge in [0, 0.05) is 32.1 Å². The van der Waals surface area contributed by atoms with Gasteiger partial charge in [0.25, 0.3) is 5.56 Å². The topological polar surface area (TPSA) is 95.7 Å². The summed E-state index contributed by atoms with van der Waals surface area (Å²) in [6.07, 6.45) is 2.15. The van der Waals surface area contributed by atoms with E-state index in [9.17, 15) is 9.59 Å². The Morgan fingerprint density at radius 1 is 1.21 bits per heavy atom. The number of rotatable bonds is 5. The number of aliphatic hydroxyl groups excluding tert-OH is 1. The SMILES string of the molecule is COc1ccc(C)cc1-n1c(C)cn2c3c(=O)n(CCCO)c(=O)n(C)c3nc12. The molecule has 3 aromatic heterocycles. The van der Waals surface area contributed by atoms with Gasteiger partial charge in [0.2, 0.25) is 5.78 Å². The normalized spacial score (nSPS) is 11.6. The molecule has 0 bridgehead atoms. The molecular weight excluding hydrogens is 374 g/mol. The number of ether oxygens (including phenoxy) is 1. The van der Waals surface area contributed by atoms with E-state index in [-0.39, 0.29) is 13.2 Å². The number of imidazole rings is 2. The van der Waals surface area contributed by atoms with Gasteiger partial charge in [0.15, 0.2) is 11.2 Å². The van der Waals surface area contributed by atoms with Crippen molar-refractivity contribution >= 4 is 16.9 Å². The highest BCUT2D eigenvalue weighted by atomic mass is 16.5. The Morgan fingerprint density at radius 2 is 1.97 bits per heavy atom. The number of aromatic nitrogens is 5. The van der Waals surface area contributed by atoms with Crippen molar-refractivity contribution in [2.24, 2.45) is 7.05 Å². The number of methoxy groups -OCH3 is 1. The zero-order valence-electron chi connectivity index (χ0n) is 16.8. The highest BCUT2D eigenvalue weighted by Gasteiger charge is 2.21. The predicted molar refractivity (Wildman–Crippen MR) is 109 cm³/mol. The number of aliphatic hydroxyl groups is 1. The molecule has 4 aromatic rings. The second-order valence-corrected chi connectivity index (χ2v) is 7.11. The van der Waals surface area contributed by atoms with Gasteiger partial charge in [-0.15, -0.1) is 0 Å². The lowest BCUT2D eigenvalue weighted by molar-refractivity contribution is 0.277. The molecule has 3 heterocycles. The third kappa shape index (κ3) is 2.77. The van der Waals surface area contributed by atoms with Gasteiger partial charge in [-0.2, -0.15) is 4.98 Å². The van der Waals surface area contributed by atoms with E-state index < -0.39 is 11.2 Å². The van der Waals surface area contributed by atoms with Crippen LogP contribution < -0.4 is 16.0 Å². The Labute approximate surface area is 166 Å². The third-order valence-corrected chi connectivity index (χ3v) is 5.14. The van der Waals surface area contributed by atoms with Crippen LogP contribution in [0.4, 0.5) is 0 Å². The van der Waals surface area contributed by atoms with Crippen molar-refractivity contribution in [2.75, 3.05) is 13.7 Å². The Bertz CT molecular complexity index is 1360. The monoisotopic (exact) mass is 397 g/mol. The van der Waals surface area contributed by atoms with E-state index in [1.807, 2.05) is 42.8 Å². The smallest absolute Gasteiger partial charge is 0.332 e. The second kappa shape index (κ2) is 6.93. The Balaban J connectivity index is 2.10. The summed E-state index contributed by atoms with van der Waals surface area (Å²) in [5, 5.41) is 9.10. The van der Waals surface area contributed by atoms with Gasteiger partial charge in [0.1, 0.15) is 5.75 Å². The third-order valence-electron chi connectivity index (χ3n) is 5.14. The summed E-state index contributed by atoms with van der Waals surface area (Å²) in [6.45, 7) is 3.97. The van der Waals surface area contributed by atoms with Crippen molar-refractivity contribution < 1.29 is 9.84 Å². The molecule has 0 aliphatic heterocycles. The molecule has 152 valence electrons. The average Bonchev–Trinajstić information content (AvgIpc) is 3.20. The number of aryl methyl sites for hydroxylation is 3. The second-order valence-electron chi connectivity index (χ2n) is 7.11. The lowest BCUT2D eigenvalue weighted by atomic mass is 10.2. The van der Waals surface area contributed by atoms with Gasteiger partial charge in [-0.1, -0.05) is 6.07 Å². The minimum Gasteiger partial charge on any atom is -0.495 e. The number of hydrogen-bond donors (Lipinski definition) is 1. The summed E-state index contributed by atoms with van der Waals surface area (Å²) in [7, 11) is 3.20. The summed E-state index contributed by atoms with van der Waals surface area (Å²) in [4.78, 5) is 30.4. The van der Waals surface area contributed by atoms with Crippen LogP contribution in [0, 0.1) is 13.8 Å². The first-order valence-corrected chi connectivity index (χ1v) is 9.34. The molecule has 0 radical (unpaired) electrons. The van der Waals surface area contributed by atoms with E-state index in [0.717, 1.165) is 21.5 Å². The fourth-order valence-corrected chi connectivity index (χ4v) is 3.71. The van der Waals surface area contributed by atoms with E-state index >= 15 is 0 Å². The molecule has 0 fully saturated rings. The maximum Gasteiger partial charge on any atom is 0.332 e. The number of hydrogen-bond acceptors (Lipinski definition) is 5. The molecule has 0 saturated heterocycles. The lowest BCUT2D eigenvalue weighted by Crippen LogP contribution is -2.39. The number of fused-ring (bicyclic) bond motifs is 3. The maximum absolute atomic E-state index is 13.1. The summed E-state index contributed by atoms with van der Waals surface area (Å²) < 4.78 is 11.7. The highest BCUT2D eigenvalue weighted by molar-refractivity contribution is 5.76. The van der Waals surface area contributed by atoms with E-state index in [2.05, 4.69) is 4.98 Å². The largest absolute Gasteiger partial charge is 0.495 e. The molecule has 0 unspecified atom stereocenters. The van der Waals surface area contributed by atoms with Gasteiger partial charge in [-0.05, 0) is 38.0 Å². The van der Waals surface area contributed by atoms with Crippen LogP contribution in [0.1, 0.15) is 17.7 Å². The minimum absolute atomic E-state index is 0.0991. The van der Waals surface area contributed by atoms with Crippen molar-refractivity contribution in [1.82, 2.24) is 23.1 Å². The van der Waals surface area contributed by atoms with E-state index in [0.29, 0.717) is 29.1 Å². The van der Waals surface area contributed by atoms with E-state index in [4.69, 9.17) is 9.84 Å². The van der Waals surface area contributed by atoms with Crippen molar-refractivity contribution in [1.29, 1.82) is 0 Å². The van der Waals surface area contributed by atoms with Crippen LogP contribution in [0.5, 0.6) is 5.75 Å². The van der Waals surface area contributed by atoms with Crippen LogP contribution in [0.25, 0.3) is 22.6 Å². The van der Waals surface area contributed by atoms with Gasteiger partial charge in [-0.3, -0.25) is 22.9 Å². The van der Waals surface area contributed by atoms with E-state index in [1.165, 1.54) is 4.57 Å². The molecule has 0 spiro atoms. The van der Waals surface area contributed by atoms with Crippen LogP contribution in [0.15, 0.2) is 34.0 Å². The van der Waals surface area contributed by atoms with Gasteiger partial charge >= 0.3 is 5.69 Å². The van der Waals surface area contributed by atoms with Crippen molar-refractivity contribution in [3.63, 3.8) is 0 Å². The Morgan fingerprint density at radius 3 is 2.66 bits per heavy atom. The fourth-order valence-electron chi connectivity index (χ4n) is 3.71. The molecule has 0 saturated carbocycles. The predicted octanol–water partition coefficient (Wildman–Crippen LogP) is 1.15. The molecule has 0 aliphatic rings. The van der Waals surface area contributed by atoms with Gasteiger partial charge in [-0.25, -0.2) is 4.79 Å². The quantitative estimate of drug-likeness (QED) is 0.545. The van der Waals surface area contributed by atoms with Crippen LogP contribution in [-0.2, 0) is 13.6 Å². The van der Waals surface area contributed by atoms with Crippen LogP contribution >= 0.6 is 0 Å². The maximum atomic E-state index is 13.1. The minimum atomic E-state index is -0.451. The van der Waals surface area contributed by atoms with Crippen LogP contribution in [0.2, 0.25) is 0 Å². The van der Waals surface area contributed by atoms with Crippen molar-refractivity contribution in [3.8, 4) is 11.4 Å². The molecule has 0 aliphatic carbocycles. The van der Waals surface area contributed by atoms with E-state index in [1.54, 1.807) is 18.6 Å². The van der Waals surface area contributed by atoms with Crippen LogP contribution in [0.3, 0.4) is 0 Å². The first-order chi connectivity index (χ1) is 13.9. The summed E-state index contributed by atoms with van der Waals surface area (Å²) in [5.74, 6) is 1.20. The first kappa shape index (κ1) is 19.0. The molecule has 0 atom stereocenters.